The summed E-state index contributed by atoms with van der Waals surface area (Å²) >= 11 is 0. The Balaban J connectivity index is 1.88. The molecule has 2 aliphatic rings. The summed E-state index contributed by atoms with van der Waals surface area (Å²) in [5.74, 6) is 1.71. The Morgan fingerprint density at radius 3 is 2.76 bits per heavy atom. The molecule has 2 unspecified atom stereocenters. The van der Waals surface area contributed by atoms with Crippen LogP contribution in [0.3, 0.4) is 0 Å². The van der Waals surface area contributed by atoms with Gasteiger partial charge in [-0.05, 0) is 32.2 Å². The first-order valence-corrected chi connectivity index (χ1v) is 7.69. The van der Waals surface area contributed by atoms with Gasteiger partial charge in [-0.1, -0.05) is 0 Å². The minimum atomic E-state index is -0.488. The Hall–Kier alpha value is -1.30. The molecule has 5 nitrogen and oxygen atoms in total. The Morgan fingerprint density at radius 2 is 2.05 bits per heavy atom. The van der Waals surface area contributed by atoms with Gasteiger partial charge in [0.15, 0.2) is 0 Å². The van der Waals surface area contributed by atoms with Crippen LogP contribution >= 0.6 is 0 Å². The maximum atomic E-state index is 10.4. The molecule has 1 N–H and O–H groups in total. The number of aliphatic hydroxyl groups excluding tert-OH is 1. The van der Waals surface area contributed by atoms with E-state index >= 15 is 0 Å². The van der Waals surface area contributed by atoms with Crippen LogP contribution in [0.2, 0.25) is 0 Å². The molecule has 0 saturated carbocycles. The van der Waals surface area contributed by atoms with Gasteiger partial charge >= 0.3 is 0 Å². The van der Waals surface area contributed by atoms with Crippen LogP contribution in [0.5, 0.6) is 11.5 Å². The van der Waals surface area contributed by atoms with E-state index in [9.17, 15) is 5.11 Å². The molecule has 2 heterocycles. The molecule has 0 radical (unpaired) electrons. The van der Waals surface area contributed by atoms with E-state index in [1.807, 2.05) is 25.1 Å². The van der Waals surface area contributed by atoms with Crippen LogP contribution in [0.1, 0.15) is 18.5 Å². The number of ether oxygens (including phenoxy) is 2. The van der Waals surface area contributed by atoms with Crippen molar-refractivity contribution in [1.29, 1.82) is 0 Å². The zero-order valence-corrected chi connectivity index (χ0v) is 12.8. The summed E-state index contributed by atoms with van der Waals surface area (Å²) in [5.41, 5.74) is 1.05. The highest BCUT2D eigenvalue weighted by molar-refractivity contribution is 5.44. The van der Waals surface area contributed by atoms with E-state index in [1.54, 1.807) is 0 Å². The molecule has 0 aliphatic carbocycles. The van der Waals surface area contributed by atoms with E-state index in [4.69, 9.17) is 9.47 Å². The Labute approximate surface area is 126 Å². The fourth-order valence-electron chi connectivity index (χ4n) is 3.16. The molecule has 5 heteroatoms. The maximum absolute atomic E-state index is 10.4. The summed E-state index contributed by atoms with van der Waals surface area (Å²) in [4.78, 5) is 4.68. The molecule has 2 atom stereocenters. The summed E-state index contributed by atoms with van der Waals surface area (Å²) in [6.45, 7) is 6.98. The van der Waals surface area contributed by atoms with Crippen molar-refractivity contribution in [3.8, 4) is 11.5 Å². The van der Waals surface area contributed by atoms with Gasteiger partial charge in [0, 0.05) is 31.7 Å². The Kier molecular flexibility index (Phi) is 4.33. The van der Waals surface area contributed by atoms with Gasteiger partial charge in [-0.2, -0.15) is 0 Å². The Bertz CT molecular complexity index is 486. The second-order valence-corrected chi connectivity index (χ2v) is 5.80. The van der Waals surface area contributed by atoms with Crippen LogP contribution in [-0.2, 0) is 0 Å². The number of aliphatic hydroxyl groups is 1. The summed E-state index contributed by atoms with van der Waals surface area (Å²) in [6, 6.07) is 5.91. The van der Waals surface area contributed by atoms with E-state index in [2.05, 4.69) is 16.8 Å². The number of benzene rings is 1. The molecule has 2 aliphatic heterocycles. The summed E-state index contributed by atoms with van der Waals surface area (Å²) < 4.78 is 11.3. The lowest BCUT2D eigenvalue weighted by atomic mass is 9.95. The second-order valence-electron chi connectivity index (χ2n) is 5.80. The standard InChI is InChI=1S/C16H24N2O3/c1-3-20-12-4-5-15-13(10-12)16(14(19)11-21-15)18-8-6-17(2)7-9-18/h4-5,10,14,16,19H,3,6-9,11H2,1-2H3. The van der Waals surface area contributed by atoms with Gasteiger partial charge in [0.25, 0.3) is 0 Å². The molecule has 1 aromatic rings. The molecular weight excluding hydrogens is 268 g/mol. The molecule has 21 heavy (non-hydrogen) atoms. The van der Waals surface area contributed by atoms with Crippen molar-refractivity contribution in [2.24, 2.45) is 0 Å². The quantitative estimate of drug-likeness (QED) is 0.905. The summed E-state index contributed by atoms with van der Waals surface area (Å²) in [6.07, 6.45) is -0.488. The molecule has 1 fully saturated rings. The first kappa shape index (κ1) is 14.6. The van der Waals surface area contributed by atoms with Crippen LogP contribution in [0.4, 0.5) is 0 Å². The number of likely N-dealkylation sites (N-methyl/N-ethyl adjacent to an activating group) is 1. The lowest BCUT2D eigenvalue weighted by Gasteiger charge is -2.42. The summed E-state index contributed by atoms with van der Waals surface area (Å²) in [5, 5.41) is 10.4. The predicted octanol–water partition coefficient (Wildman–Crippen LogP) is 1.13. The zero-order chi connectivity index (χ0) is 14.8. The molecule has 0 bridgehead atoms. The van der Waals surface area contributed by atoms with Crippen molar-refractivity contribution >= 4 is 0 Å². The Morgan fingerprint density at radius 1 is 1.29 bits per heavy atom. The highest BCUT2D eigenvalue weighted by Gasteiger charge is 2.35. The molecule has 3 rings (SSSR count). The number of fused-ring (bicyclic) bond motifs is 1. The number of hydrogen-bond donors (Lipinski definition) is 1. The lowest BCUT2D eigenvalue weighted by Crippen LogP contribution is -2.50. The molecule has 1 aromatic carbocycles. The third kappa shape index (κ3) is 3.00. The normalized spacial score (nSPS) is 27.0. The van der Waals surface area contributed by atoms with E-state index < -0.39 is 6.10 Å². The lowest BCUT2D eigenvalue weighted by molar-refractivity contribution is -0.0153. The van der Waals surface area contributed by atoms with E-state index in [0.717, 1.165) is 43.2 Å². The average molecular weight is 292 g/mol. The highest BCUT2D eigenvalue weighted by Crippen LogP contribution is 2.38. The van der Waals surface area contributed by atoms with Crippen LogP contribution in [0, 0.1) is 0 Å². The molecule has 0 amide bonds. The SMILES string of the molecule is CCOc1ccc2c(c1)C(N1CCN(C)CC1)C(O)CO2. The van der Waals surface area contributed by atoms with Gasteiger partial charge in [0.05, 0.1) is 12.6 Å². The molecule has 116 valence electrons. The minimum Gasteiger partial charge on any atom is -0.494 e. The largest absolute Gasteiger partial charge is 0.494 e. The minimum absolute atomic E-state index is 0.00264. The molecule has 1 saturated heterocycles. The van der Waals surface area contributed by atoms with Crippen molar-refractivity contribution in [3.05, 3.63) is 23.8 Å². The van der Waals surface area contributed by atoms with E-state index in [-0.39, 0.29) is 6.04 Å². The first-order chi connectivity index (χ1) is 10.2. The van der Waals surface area contributed by atoms with Gasteiger partial charge in [-0.15, -0.1) is 0 Å². The zero-order valence-electron chi connectivity index (χ0n) is 12.8. The predicted molar refractivity (Wildman–Crippen MR) is 80.9 cm³/mol. The number of hydrogen-bond acceptors (Lipinski definition) is 5. The van der Waals surface area contributed by atoms with Crippen LogP contribution in [-0.4, -0.2) is 67.5 Å². The van der Waals surface area contributed by atoms with Gasteiger partial charge in [0.2, 0.25) is 0 Å². The van der Waals surface area contributed by atoms with Gasteiger partial charge < -0.3 is 19.5 Å². The van der Waals surface area contributed by atoms with E-state index in [0.29, 0.717) is 13.2 Å². The van der Waals surface area contributed by atoms with Crippen molar-refractivity contribution in [3.63, 3.8) is 0 Å². The van der Waals surface area contributed by atoms with Crippen LogP contribution in [0.25, 0.3) is 0 Å². The first-order valence-electron chi connectivity index (χ1n) is 7.69. The maximum Gasteiger partial charge on any atom is 0.124 e. The third-order valence-corrected chi connectivity index (χ3v) is 4.32. The van der Waals surface area contributed by atoms with Crippen LogP contribution < -0.4 is 9.47 Å². The molecular formula is C16H24N2O3. The van der Waals surface area contributed by atoms with Gasteiger partial charge in [0.1, 0.15) is 24.2 Å². The van der Waals surface area contributed by atoms with Crippen molar-refractivity contribution in [1.82, 2.24) is 9.80 Å². The smallest absolute Gasteiger partial charge is 0.124 e. The molecule has 0 spiro atoms. The van der Waals surface area contributed by atoms with Gasteiger partial charge in [-0.25, -0.2) is 0 Å². The summed E-state index contributed by atoms with van der Waals surface area (Å²) in [7, 11) is 2.14. The second kappa shape index (κ2) is 6.22. The fourth-order valence-corrected chi connectivity index (χ4v) is 3.16. The monoisotopic (exact) mass is 292 g/mol. The van der Waals surface area contributed by atoms with Crippen molar-refractivity contribution < 1.29 is 14.6 Å². The van der Waals surface area contributed by atoms with Crippen LogP contribution in [0.15, 0.2) is 18.2 Å². The van der Waals surface area contributed by atoms with Gasteiger partial charge in [-0.3, -0.25) is 4.90 Å². The number of nitrogens with zero attached hydrogens (tertiary/aromatic N) is 2. The fraction of sp³-hybridized carbons (Fsp3) is 0.625. The highest BCUT2D eigenvalue weighted by atomic mass is 16.5. The molecule has 0 aromatic heterocycles. The van der Waals surface area contributed by atoms with E-state index in [1.165, 1.54) is 0 Å². The third-order valence-electron chi connectivity index (χ3n) is 4.32. The average Bonchev–Trinajstić information content (AvgIpc) is 2.49. The topological polar surface area (TPSA) is 45.2 Å². The number of piperazine rings is 1. The van der Waals surface area contributed by atoms with Crippen molar-refractivity contribution in [2.75, 3.05) is 46.4 Å². The number of rotatable bonds is 3. The van der Waals surface area contributed by atoms with Crippen molar-refractivity contribution in [2.45, 2.75) is 19.1 Å².